The van der Waals surface area contributed by atoms with E-state index in [-0.39, 0.29) is 0 Å². The fourth-order valence-electron chi connectivity index (χ4n) is 0.259. The van der Waals surface area contributed by atoms with E-state index in [4.69, 9.17) is 5.26 Å². The van der Waals surface area contributed by atoms with Crippen molar-refractivity contribution < 1.29 is 9.53 Å². The van der Waals surface area contributed by atoms with Gasteiger partial charge in [0, 0.05) is 0 Å². The summed E-state index contributed by atoms with van der Waals surface area (Å²) in [7, 11) is 0. The van der Waals surface area contributed by atoms with E-state index >= 15 is 0 Å². The summed E-state index contributed by atoms with van der Waals surface area (Å²) >= 11 is 0. The van der Waals surface area contributed by atoms with E-state index in [0.717, 1.165) is 0 Å². The van der Waals surface area contributed by atoms with E-state index in [1.807, 2.05) is 0 Å². The molecule has 0 aliphatic heterocycles. The standard InChI is InChI=1S/C5H6NO2/c1-2-5(3-6)8-4-7/h5H,2H2,1H3. The van der Waals surface area contributed by atoms with Crippen LogP contribution in [-0.4, -0.2) is 12.6 Å². The van der Waals surface area contributed by atoms with E-state index in [2.05, 4.69) is 4.74 Å². The number of rotatable bonds is 3. The van der Waals surface area contributed by atoms with Gasteiger partial charge in [-0.25, -0.2) is 4.79 Å². The Bertz CT molecular complexity index is 105. The van der Waals surface area contributed by atoms with Crippen LogP contribution in [0.1, 0.15) is 13.3 Å². The summed E-state index contributed by atoms with van der Waals surface area (Å²) in [5, 5.41) is 8.10. The number of hydrogen-bond acceptors (Lipinski definition) is 3. The normalized spacial score (nSPS) is 11.5. The Kier molecular flexibility index (Phi) is 3.59. The molecule has 0 amide bonds. The first kappa shape index (κ1) is 6.96. The lowest BCUT2D eigenvalue weighted by molar-refractivity contribution is 0.221. The van der Waals surface area contributed by atoms with Crippen LogP contribution >= 0.6 is 0 Å². The van der Waals surface area contributed by atoms with Crippen LogP contribution in [0.25, 0.3) is 0 Å². The van der Waals surface area contributed by atoms with Crippen LogP contribution < -0.4 is 0 Å². The molecular formula is C5H6NO2. The Labute approximate surface area is 47.9 Å². The molecule has 0 heterocycles. The minimum atomic E-state index is -0.618. The highest BCUT2D eigenvalue weighted by Gasteiger charge is 2.01. The molecule has 0 aromatic heterocycles. The predicted octanol–water partition coefficient (Wildman–Crippen LogP) is 0.372. The number of hydrogen-bond donors (Lipinski definition) is 0. The highest BCUT2D eigenvalue weighted by atomic mass is 16.5. The van der Waals surface area contributed by atoms with Gasteiger partial charge in [-0.3, -0.25) is 0 Å². The van der Waals surface area contributed by atoms with Crippen molar-refractivity contribution in [3.63, 3.8) is 0 Å². The van der Waals surface area contributed by atoms with Gasteiger partial charge in [0.05, 0.1) is 0 Å². The van der Waals surface area contributed by atoms with Gasteiger partial charge in [0.25, 0.3) is 0 Å². The largest absolute Gasteiger partial charge is 0.439 e. The minimum Gasteiger partial charge on any atom is -0.439 e. The van der Waals surface area contributed by atoms with Gasteiger partial charge in [0.1, 0.15) is 6.07 Å². The molecule has 0 fully saturated rings. The molecular weight excluding hydrogens is 106 g/mol. The first-order chi connectivity index (χ1) is 3.85. The lowest BCUT2D eigenvalue weighted by atomic mass is 10.3. The van der Waals surface area contributed by atoms with E-state index in [0.29, 0.717) is 6.42 Å². The van der Waals surface area contributed by atoms with Crippen LogP contribution in [0.2, 0.25) is 0 Å². The highest BCUT2D eigenvalue weighted by Crippen LogP contribution is 1.91. The third-order valence-electron chi connectivity index (χ3n) is 0.705. The van der Waals surface area contributed by atoms with Gasteiger partial charge in [-0.1, -0.05) is 6.92 Å². The molecule has 0 N–H and O–H groups in total. The summed E-state index contributed by atoms with van der Waals surface area (Å²) in [4.78, 5) is 9.43. The Balaban J connectivity index is 3.40. The van der Waals surface area contributed by atoms with Crippen molar-refractivity contribution in [3.05, 3.63) is 0 Å². The maximum atomic E-state index is 9.43. The summed E-state index contributed by atoms with van der Waals surface area (Å²) in [6, 6.07) is 1.77. The van der Waals surface area contributed by atoms with Crippen molar-refractivity contribution in [2.45, 2.75) is 19.4 Å². The van der Waals surface area contributed by atoms with Crippen LogP contribution in [0.15, 0.2) is 0 Å². The van der Waals surface area contributed by atoms with Crippen molar-refractivity contribution in [3.8, 4) is 6.07 Å². The monoisotopic (exact) mass is 112 g/mol. The second-order valence-corrected chi connectivity index (χ2v) is 1.23. The average Bonchev–Trinajstić information content (AvgIpc) is 1.83. The number of ether oxygens (including phenoxy) is 1. The van der Waals surface area contributed by atoms with Gasteiger partial charge in [0.2, 0.25) is 0 Å². The maximum Gasteiger partial charge on any atom is 0.418 e. The number of carbonyl (C=O) groups excluding carboxylic acids is 1. The molecule has 0 saturated heterocycles. The van der Waals surface area contributed by atoms with Crippen LogP contribution in [0, 0.1) is 11.3 Å². The van der Waals surface area contributed by atoms with Crippen molar-refractivity contribution in [2.24, 2.45) is 0 Å². The molecule has 0 bridgehead atoms. The fourth-order valence-corrected chi connectivity index (χ4v) is 0.259. The van der Waals surface area contributed by atoms with Gasteiger partial charge in [-0.2, -0.15) is 5.26 Å². The molecule has 1 unspecified atom stereocenters. The van der Waals surface area contributed by atoms with Gasteiger partial charge < -0.3 is 4.74 Å². The molecule has 0 aliphatic rings. The second kappa shape index (κ2) is 4.13. The number of nitrogens with zero attached hydrogens (tertiary/aromatic N) is 1. The van der Waals surface area contributed by atoms with Crippen LogP contribution in [-0.2, 0) is 9.53 Å². The predicted molar refractivity (Wildman–Crippen MR) is 26.5 cm³/mol. The molecule has 3 nitrogen and oxygen atoms in total. The second-order valence-electron chi connectivity index (χ2n) is 1.23. The minimum absolute atomic E-state index is 0.520. The Hall–Kier alpha value is -1.04. The lowest BCUT2D eigenvalue weighted by Crippen LogP contribution is -2.06. The zero-order valence-electron chi connectivity index (χ0n) is 4.55. The highest BCUT2D eigenvalue weighted by molar-refractivity contribution is 5.39. The molecule has 43 valence electrons. The topological polar surface area (TPSA) is 50.1 Å². The molecule has 1 radical (unpaired) electrons. The fraction of sp³-hybridized carbons (Fsp3) is 0.600. The van der Waals surface area contributed by atoms with Gasteiger partial charge in [-0.05, 0) is 6.42 Å². The lowest BCUT2D eigenvalue weighted by Gasteiger charge is -1.97. The van der Waals surface area contributed by atoms with Crippen molar-refractivity contribution in [1.82, 2.24) is 0 Å². The van der Waals surface area contributed by atoms with E-state index in [9.17, 15) is 4.79 Å². The zero-order valence-corrected chi connectivity index (χ0v) is 4.55. The number of nitriles is 1. The summed E-state index contributed by atoms with van der Waals surface area (Å²) in [6.45, 7) is 2.95. The van der Waals surface area contributed by atoms with Crippen molar-refractivity contribution >= 4 is 6.47 Å². The van der Waals surface area contributed by atoms with Gasteiger partial charge in [0.15, 0.2) is 6.10 Å². The Morgan fingerprint density at radius 1 is 1.88 bits per heavy atom. The summed E-state index contributed by atoms with van der Waals surface area (Å²) in [6.07, 6.45) is -0.0985. The molecule has 0 saturated carbocycles. The van der Waals surface area contributed by atoms with Crippen LogP contribution in [0.5, 0.6) is 0 Å². The van der Waals surface area contributed by atoms with Gasteiger partial charge >= 0.3 is 6.47 Å². The third kappa shape index (κ3) is 2.19. The Morgan fingerprint density at radius 2 is 2.50 bits per heavy atom. The first-order valence-corrected chi connectivity index (χ1v) is 2.27. The molecule has 0 spiro atoms. The van der Waals surface area contributed by atoms with Crippen LogP contribution in [0.4, 0.5) is 0 Å². The van der Waals surface area contributed by atoms with Gasteiger partial charge in [-0.15, -0.1) is 0 Å². The SMILES string of the molecule is CCC(C#N)O[C]=O. The molecule has 0 aromatic carbocycles. The van der Waals surface area contributed by atoms with E-state index < -0.39 is 6.10 Å². The summed E-state index contributed by atoms with van der Waals surface area (Å²) in [5.74, 6) is 0. The first-order valence-electron chi connectivity index (χ1n) is 2.27. The zero-order chi connectivity index (χ0) is 6.41. The molecule has 8 heavy (non-hydrogen) atoms. The van der Waals surface area contributed by atoms with Crippen molar-refractivity contribution in [2.75, 3.05) is 0 Å². The smallest absolute Gasteiger partial charge is 0.418 e. The third-order valence-corrected chi connectivity index (χ3v) is 0.705. The van der Waals surface area contributed by atoms with E-state index in [1.165, 1.54) is 6.47 Å². The molecule has 0 rings (SSSR count). The molecule has 0 aliphatic carbocycles. The molecule has 0 aromatic rings. The Morgan fingerprint density at radius 3 is 2.62 bits per heavy atom. The van der Waals surface area contributed by atoms with Crippen LogP contribution in [0.3, 0.4) is 0 Å². The quantitative estimate of drug-likeness (QED) is 0.530. The average molecular weight is 112 g/mol. The maximum absolute atomic E-state index is 9.43. The summed E-state index contributed by atoms with van der Waals surface area (Å²) < 4.78 is 4.17. The molecule has 3 heteroatoms. The summed E-state index contributed by atoms with van der Waals surface area (Å²) in [5.41, 5.74) is 0. The van der Waals surface area contributed by atoms with E-state index in [1.54, 1.807) is 13.0 Å². The van der Waals surface area contributed by atoms with Crippen molar-refractivity contribution in [1.29, 1.82) is 5.26 Å². The molecule has 1 atom stereocenters.